The van der Waals surface area contributed by atoms with Crippen molar-refractivity contribution in [2.75, 3.05) is 32.8 Å². The van der Waals surface area contributed by atoms with E-state index in [2.05, 4.69) is 14.1 Å². The number of amides is 1. The summed E-state index contributed by atoms with van der Waals surface area (Å²) in [5, 5.41) is 12.9. The lowest BCUT2D eigenvalue weighted by molar-refractivity contribution is 0.0740. The molecule has 6 nitrogen and oxygen atoms in total. The van der Waals surface area contributed by atoms with Crippen LogP contribution in [0, 0.1) is 18.3 Å². The molecule has 1 aromatic rings. The summed E-state index contributed by atoms with van der Waals surface area (Å²) in [5.41, 5.74) is 0.992. The molecule has 0 spiro atoms. The Hall–Kier alpha value is -1.05. The number of carbonyl (C=O) groups is 1. The van der Waals surface area contributed by atoms with Crippen molar-refractivity contribution < 1.29 is 9.90 Å². The number of hydrogen-bond acceptors (Lipinski definition) is 6. The third-order valence-electron chi connectivity index (χ3n) is 4.14. The maximum Gasteiger partial charge on any atom is 0.275 e. The van der Waals surface area contributed by atoms with Crippen LogP contribution in [0.25, 0.3) is 0 Å². The van der Waals surface area contributed by atoms with E-state index in [0.717, 1.165) is 24.8 Å². The lowest BCUT2D eigenvalue weighted by atomic mass is 9.82. The van der Waals surface area contributed by atoms with Gasteiger partial charge in [-0.15, -0.1) is 0 Å². The van der Waals surface area contributed by atoms with Crippen molar-refractivity contribution in [2.45, 2.75) is 6.92 Å². The first-order chi connectivity index (χ1) is 8.66. The van der Waals surface area contributed by atoms with E-state index in [0.29, 0.717) is 30.4 Å². The molecule has 0 saturated carbocycles. The van der Waals surface area contributed by atoms with Crippen molar-refractivity contribution in [3.8, 4) is 0 Å². The van der Waals surface area contributed by atoms with Crippen LogP contribution in [0.5, 0.6) is 0 Å². The zero-order chi connectivity index (χ0) is 12.8. The molecule has 2 saturated heterocycles. The average Bonchev–Trinajstić information content (AvgIpc) is 3.00. The fourth-order valence-corrected chi connectivity index (χ4v) is 3.52. The van der Waals surface area contributed by atoms with Gasteiger partial charge in [0, 0.05) is 31.6 Å². The number of carbonyl (C=O) groups excluding carboxylic acids is 1. The van der Waals surface area contributed by atoms with E-state index in [1.807, 2.05) is 4.90 Å². The second-order valence-corrected chi connectivity index (χ2v) is 5.76. The fraction of sp³-hybridized carbons (Fsp3) is 0.727. The molecule has 18 heavy (non-hydrogen) atoms. The lowest BCUT2D eigenvalue weighted by Crippen LogP contribution is -2.38. The summed E-state index contributed by atoms with van der Waals surface area (Å²) in [7, 11) is 0. The van der Waals surface area contributed by atoms with E-state index in [1.54, 1.807) is 6.92 Å². The van der Waals surface area contributed by atoms with Gasteiger partial charge in [-0.25, -0.2) is 0 Å². The monoisotopic (exact) mass is 268 g/mol. The van der Waals surface area contributed by atoms with Crippen LogP contribution in [-0.4, -0.2) is 57.4 Å². The fourth-order valence-electron chi connectivity index (χ4n) is 2.98. The maximum absolute atomic E-state index is 12.3. The average molecular weight is 268 g/mol. The van der Waals surface area contributed by atoms with Crippen molar-refractivity contribution >= 4 is 17.6 Å². The summed E-state index contributed by atoms with van der Waals surface area (Å²) in [6.07, 6.45) is 0. The van der Waals surface area contributed by atoms with Crippen LogP contribution in [-0.2, 0) is 0 Å². The Morgan fingerprint density at radius 2 is 2.50 bits per heavy atom. The van der Waals surface area contributed by atoms with Crippen LogP contribution in [0.2, 0.25) is 0 Å². The summed E-state index contributed by atoms with van der Waals surface area (Å²) in [6, 6.07) is 0. The first-order valence-corrected chi connectivity index (χ1v) is 6.79. The molecule has 0 aliphatic carbocycles. The highest BCUT2D eigenvalue weighted by Gasteiger charge is 2.50. The smallest absolute Gasteiger partial charge is 0.275 e. The van der Waals surface area contributed by atoms with Crippen LogP contribution >= 0.6 is 11.7 Å². The van der Waals surface area contributed by atoms with Crippen molar-refractivity contribution in [1.29, 1.82) is 0 Å². The number of aryl methyl sites for hydroxylation is 1. The Morgan fingerprint density at radius 3 is 3.11 bits per heavy atom. The van der Waals surface area contributed by atoms with Crippen LogP contribution in [0.3, 0.4) is 0 Å². The molecule has 2 aliphatic rings. The topological polar surface area (TPSA) is 78.4 Å². The van der Waals surface area contributed by atoms with Gasteiger partial charge in [-0.05, 0) is 12.8 Å². The van der Waals surface area contributed by atoms with Crippen LogP contribution in [0.4, 0.5) is 0 Å². The van der Waals surface area contributed by atoms with E-state index in [9.17, 15) is 9.90 Å². The summed E-state index contributed by atoms with van der Waals surface area (Å²) in [6.45, 7) is 4.89. The summed E-state index contributed by atoms with van der Waals surface area (Å²) < 4.78 is 8.10. The minimum atomic E-state index is -0.160. The van der Waals surface area contributed by atoms with Gasteiger partial charge in [-0.2, -0.15) is 8.75 Å². The number of hydrogen-bond donors (Lipinski definition) is 2. The molecule has 98 valence electrons. The maximum atomic E-state index is 12.3. The van der Waals surface area contributed by atoms with Crippen molar-refractivity contribution in [2.24, 2.45) is 11.3 Å². The van der Waals surface area contributed by atoms with Gasteiger partial charge in [0.05, 0.1) is 24.0 Å². The Labute approximate surface area is 109 Å². The largest absolute Gasteiger partial charge is 0.396 e. The Morgan fingerprint density at radius 1 is 1.67 bits per heavy atom. The number of likely N-dealkylation sites (tertiary alicyclic amines) is 1. The molecule has 3 heterocycles. The molecule has 7 heteroatoms. The second kappa shape index (κ2) is 4.25. The number of aliphatic hydroxyl groups is 1. The number of aromatic nitrogens is 2. The first-order valence-electron chi connectivity index (χ1n) is 6.06. The van der Waals surface area contributed by atoms with E-state index in [-0.39, 0.29) is 17.9 Å². The van der Waals surface area contributed by atoms with Gasteiger partial charge in [0.15, 0.2) is 5.69 Å². The quantitative estimate of drug-likeness (QED) is 0.756. The summed E-state index contributed by atoms with van der Waals surface area (Å²) in [5.74, 6) is 0.293. The molecule has 0 bridgehead atoms. The van der Waals surface area contributed by atoms with E-state index < -0.39 is 0 Å². The van der Waals surface area contributed by atoms with Crippen molar-refractivity contribution in [3.05, 3.63) is 11.4 Å². The predicted octanol–water partition coefficient (Wildman–Crippen LogP) is -0.500. The minimum Gasteiger partial charge on any atom is -0.396 e. The molecular formula is C11H16N4O2S. The Bertz CT molecular complexity index is 477. The van der Waals surface area contributed by atoms with Crippen molar-refractivity contribution in [3.63, 3.8) is 0 Å². The van der Waals surface area contributed by atoms with E-state index >= 15 is 0 Å². The number of nitrogens with zero attached hydrogens (tertiary/aromatic N) is 3. The molecule has 2 unspecified atom stereocenters. The molecule has 2 fully saturated rings. The highest BCUT2D eigenvalue weighted by molar-refractivity contribution is 6.99. The van der Waals surface area contributed by atoms with E-state index in [4.69, 9.17) is 0 Å². The molecule has 0 aromatic carbocycles. The molecular weight excluding hydrogens is 252 g/mol. The highest BCUT2D eigenvalue weighted by Crippen LogP contribution is 2.38. The van der Waals surface area contributed by atoms with Gasteiger partial charge < -0.3 is 15.3 Å². The second-order valence-electron chi connectivity index (χ2n) is 5.23. The SMILES string of the molecule is Cc1nsnc1C(=O)N1CC2CNCC2(CO)C1. The number of fused-ring (bicyclic) bond motifs is 1. The summed E-state index contributed by atoms with van der Waals surface area (Å²) >= 11 is 1.07. The first kappa shape index (κ1) is 12.0. The molecule has 1 aromatic heterocycles. The van der Waals surface area contributed by atoms with Crippen LogP contribution < -0.4 is 5.32 Å². The van der Waals surface area contributed by atoms with Gasteiger partial charge >= 0.3 is 0 Å². The zero-order valence-electron chi connectivity index (χ0n) is 10.2. The van der Waals surface area contributed by atoms with Gasteiger partial charge in [-0.3, -0.25) is 4.79 Å². The zero-order valence-corrected chi connectivity index (χ0v) is 11.0. The summed E-state index contributed by atoms with van der Waals surface area (Å²) in [4.78, 5) is 14.2. The van der Waals surface area contributed by atoms with Gasteiger partial charge in [0.2, 0.25) is 0 Å². The molecule has 2 aliphatic heterocycles. The van der Waals surface area contributed by atoms with Gasteiger partial charge in [0.1, 0.15) is 0 Å². The third kappa shape index (κ3) is 1.65. The van der Waals surface area contributed by atoms with Crippen LogP contribution in [0.1, 0.15) is 16.2 Å². The lowest BCUT2D eigenvalue weighted by Gasteiger charge is -2.24. The molecule has 2 N–H and O–H groups in total. The normalized spacial score (nSPS) is 30.8. The van der Waals surface area contributed by atoms with Crippen molar-refractivity contribution in [1.82, 2.24) is 19.0 Å². The van der Waals surface area contributed by atoms with Gasteiger partial charge in [0.25, 0.3) is 5.91 Å². The standard InChI is InChI=1S/C11H16N4O2S/c1-7-9(14-18-13-7)10(17)15-3-8-2-12-4-11(8,5-15)6-16/h8,12,16H,2-6H2,1H3. The molecule has 0 radical (unpaired) electrons. The Balaban J connectivity index is 1.80. The van der Waals surface area contributed by atoms with Crippen LogP contribution in [0.15, 0.2) is 0 Å². The number of nitrogens with one attached hydrogen (secondary N) is 1. The molecule has 2 atom stereocenters. The molecule has 1 amide bonds. The highest BCUT2D eigenvalue weighted by atomic mass is 32.1. The number of rotatable bonds is 2. The number of aliphatic hydroxyl groups excluding tert-OH is 1. The Kier molecular flexibility index (Phi) is 2.84. The minimum absolute atomic E-state index is 0.0523. The predicted molar refractivity (Wildman–Crippen MR) is 66.4 cm³/mol. The third-order valence-corrected chi connectivity index (χ3v) is 4.76. The molecule has 3 rings (SSSR count). The van der Waals surface area contributed by atoms with Gasteiger partial charge in [-0.1, -0.05) is 0 Å². The van der Waals surface area contributed by atoms with E-state index in [1.165, 1.54) is 0 Å².